The number of halogens is 3. The van der Waals surface area contributed by atoms with Gasteiger partial charge in [0.2, 0.25) is 0 Å². The Morgan fingerprint density at radius 3 is 2.67 bits per heavy atom. The molecule has 1 aliphatic rings. The predicted molar refractivity (Wildman–Crippen MR) is 128 cm³/mol. The van der Waals surface area contributed by atoms with Crippen LogP contribution < -0.4 is 15.8 Å². The Kier molecular flexibility index (Phi) is 6.99. The van der Waals surface area contributed by atoms with Crippen molar-refractivity contribution in [1.82, 2.24) is 4.98 Å². The Labute approximate surface area is 199 Å². The zero-order valence-corrected chi connectivity index (χ0v) is 19.7. The SMILES string of the molecule is NC1CCC=C(c2ccc(F)cc2)C1CNc1cc(F)c(S(=O)(=O)Nc2cscn2)cc1Cl. The number of anilines is 2. The normalized spacial score (nSPS) is 18.6. The van der Waals surface area contributed by atoms with E-state index >= 15 is 0 Å². The van der Waals surface area contributed by atoms with Gasteiger partial charge in [-0.3, -0.25) is 4.72 Å². The van der Waals surface area contributed by atoms with E-state index in [4.69, 9.17) is 17.3 Å². The maximum absolute atomic E-state index is 14.8. The van der Waals surface area contributed by atoms with Crippen molar-refractivity contribution >= 4 is 50.0 Å². The molecule has 174 valence electrons. The van der Waals surface area contributed by atoms with E-state index in [-0.39, 0.29) is 34.3 Å². The van der Waals surface area contributed by atoms with Crippen LogP contribution in [0.5, 0.6) is 0 Å². The number of hydrogen-bond donors (Lipinski definition) is 3. The summed E-state index contributed by atoms with van der Waals surface area (Å²) in [6.45, 7) is 0.340. The third-order valence-electron chi connectivity index (χ3n) is 5.45. The van der Waals surface area contributed by atoms with Gasteiger partial charge in [0.05, 0.1) is 16.2 Å². The van der Waals surface area contributed by atoms with Crippen LogP contribution in [0.15, 0.2) is 58.3 Å². The first-order valence-electron chi connectivity index (χ1n) is 10.1. The molecule has 0 saturated heterocycles. The quantitative estimate of drug-likeness (QED) is 0.410. The molecule has 2 unspecified atom stereocenters. The summed E-state index contributed by atoms with van der Waals surface area (Å²) in [5, 5.41) is 4.64. The van der Waals surface area contributed by atoms with Gasteiger partial charge in [0, 0.05) is 23.9 Å². The lowest BCUT2D eigenvalue weighted by molar-refractivity contribution is 0.486. The van der Waals surface area contributed by atoms with E-state index in [2.05, 4.69) is 21.1 Å². The predicted octanol–water partition coefficient (Wildman–Crippen LogP) is 5.11. The molecule has 0 amide bonds. The first-order chi connectivity index (χ1) is 15.7. The molecule has 2 aromatic carbocycles. The number of sulfonamides is 1. The lowest BCUT2D eigenvalue weighted by Gasteiger charge is -2.31. The zero-order valence-electron chi connectivity index (χ0n) is 17.3. The number of nitrogens with one attached hydrogen (secondary N) is 2. The van der Waals surface area contributed by atoms with Gasteiger partial charge in [0.15, 0.2) is 5.82 Å². The van der Waals surface area contributed by atoms with Crippen molar-refractivity contribution in [1.29, 1.82) is 0 Å². The van der Waals surface area contributed by atoms with Crippen LogP contribution in [0.4, 0.5) is 20.3 Å². The highest BCUT2D eigenvalue weighted by molar-refractivity contribution is 7.92. The van der Waals surface area contributed by atoms with Crippen LogP contribution in [0.3, 0.4) is 0 Å². The first kappa shape index (κ1) is 23.6. The Balaban J connectivity index is 1.54. The number of nitrogens with zero attached hydrogens (tertiary/aromatic N) is 1. The van der Waals surface area contributed by atoms with Gasteiger partial charge < -0.3 is 11.1 Å². The van der Waals surface area contributed by atoms with Crippen molar-refractivity contribution < 1.29 is 17.2 Å². The molecule has 4 N–H and O–H groups in total. The summed E-state index contributed by atoms with van der Waals surface area (Å²) < 4.78 is 55.4. The molecule has 1 aromatic heterocycles. The van der Waals surface area contributed by atoms with E-state index in [0.29, 0.717) is 6.54 Å². The zero-order chi connectivity index (χ0) is 23.6. The maximum atomic E-state index is 14.8. The minimum Gasteiger partial charge on any atom is -0.383 e. The van der Waals surface area contributed by atoms with Gasteiger partial charge >= 0.3 is 0 Å². The Morgan fingerprint density at radius 1 is 1.21 bits per heavy atom. The molecule has 1 aliphatic carbocycles. The van der Waals surface area contributed by atoms with E-state index in [1.54, 1.807) is 12.1 Å². The molecule has 1 heterocycles. The smallest absolute Gasteiger partial charge is 0.266 e. The van der Waals surface area contributed by atoms with Crippen molar-refractivity contribution in [3.05, 3.63) is 75.6 Å². The fourth-order valence-corrected chi connectivity index (χ4v) is 5.73. The maximum Gasteiger partial charge on any atom is 0.266 e. The molecule has 3 aromatic rings. The van der Waals surface area contributed by atoms with Crippen molar-refractivity contribution in [2.24, 2.45) is 11.7 Å². The highest BCUT2D eigenvalue weighted by Gasteiger charge is 2.27. The average Bonchev–Trinajstić information content (AvgIpc) is 3.27. The largest absolute Gasteiger partial charge is 0.383 e. The monoisotopic (exact) mass is 510 g/mol. The van der Waals surface area contributed by atoms with Gasteiger partial charge in [-0.1, -0.05) is 29.8 Å². The second-order valence-electron chi connectivity index (χ2n) is 7.64. The van der Waals surface area contributed by atoms with Gasteiger partial charge in [0.1, 0.15) is 16.5 Å². The Bertz CT molecular complexity index is 1270. The third-order valence-corrected chi connectivity index (χ3v) is 7.72. The van der Waals surface area contributed by atoms with Crippen LogP contribution in [-0.4, -0.2) is 26.0 Å². The average molecular weight is 511 g/mol. The van der Waals surface area contributed by atoms with Gasteiger partial charge in [-0.25, -0.2) is 22.2 Å². The number of allylic oxidation sites excluding steroid dienone is 1. The van der Waals surface area contributed by atoms with E-state index in [1.807, 2.05) is 0 Å². The summed E-state index contributed by atoms with van der Waals surface area (Å²) in [5.41, 5.74) is 9.91. The second-order valence-corrected chi connectivity index (χ2v) is 10.4. The Hall–Kier alpha value is -2.53. The summed E-state index contributed by atoms with van der Waals surface area (Å²) in [4.78, 5) is 3.27. The standard InChI is InChI=1S/C22H21ClF2N4O2S2/c23-17-8-21(33(30,31)29-22-11-32-12-28-22)18(25)9-20(17)27-10-16-15(2-1-3-19(16)26)13-4-6-14(24)7-5-13/h2,4-9,11-12,16,19,27,29H,1,3,10,26H2. The molecule has 2 atom stereocenters. The lowest BCUT2D eigenvalue weighted by atomic mass is 9.80. The highest BCUT2D eigenvalue weighted by Crippen LogP contribution is 2.34. The molecule has 4 rings (SSSR count). The summed E-state index contributed by atoms with van der Waals surface area (Å²) in [6.07, 6.45) is 3.65. The third kappa shape index (κ3) is 5.35. The minimum atomic E-state index is -4.20. The molecule has 11 heteroatoms. The molecule has 0 aliphatic heterocycles. The van der Waals surface area contributed by atoms with Crippen molar-refractivity contribution in [2.75, 3.05) is 16.6 Å². The molecular formula is C22H21ClF2N4O2S2. The molecule has 0 spiro atoms. The van der Waals surface area contributed by atoms with Crippen molar-refractivity contribution in [3.63, 3.8) is 0 Å². The summed E-state index contributed by atoms with van der Waals surface area (Å²) in [6, 6.07) is 8.14. The first-order valence-corrected chi connectivity index (χ1v) is 12.9. The molecule has 0 fully saturated rings. The number of nitrogens with two attached hydrogens (primary N) is 1. The number of aromatic nitrogens is 1. The van der Waals surface area contributed by atoms with Gasteiger partial charge in [-0.2, -0.15) is 0 Å². The van der Waals surface area contributed by atoms with Crippen LogP contribution in [0, 0.1) is 17.6 Å². The van der Waals surface area contributed by atoms with E-state index in [0.717, 1.165) is 36.1 Å². The van der Waals surface area contributed by atoms with Crippen LogP contribution >= 0.6 is 22.9 Å². The van der Waals surface area contributed by atoms with Crippen LogP contribution in [0.2, 0.25) is 5.02 Å². The van der Waals surface area contributed by atoms with Gasteiger partial charge in [-0.15, -0.1) is 11.3 Å². The highest BCUT2D eigenvalue weighted by atomic mass is 35.5. The summed E-state index contributed by atoms with van der Waals surface area (Å²) >= 11 is 7.50. The minimum absolute atomic E-state index is 0.0479. The number of benzene rings is 2. The van der Waals surface area contributed by atoms with E-state index in [9.17, 15) is 17.2 Å². The van der Waals surface area contributed by atoms with Crippen LogP contribution in [0.1, 0.15) is 18.4 Å². The lowest BCUT2D eigenvalue weighted by Crippen LogP contribution is -2.37. The Morgan fingerprint density at radius 2 is 1.97 bits per heavy atom. The number of hydrogen-bond acceptors (Lipinski definition) is 6. The summed E-state index contributed by atoms with van der Waals surface area (Å²) in [7, 11) is -4.20. The fraction of sp³-hybridized carbons (Fsp3) is 0.227. The van der Waals surface area contributed by atoms with Gasteiger partial charge in [-0.05, 0) is 48.2 Å². The van der Waals surface area contributed by atoms with Gasteiger partial charge in [0.25, 0.3) is 10.0 Å². The molecular weight excluding hydrogens is 490 g/mol. The summed E-state index contributed by atoms with van der Waals surface area (Å²) in [5.74, 6) is -1.30. The van der Waals surface area contributed by atoms with Crippen LogP contribution in [-0.2, 0) is 10.0 Å². The topological polar surface area (TPSA) is 97.1 Å². The molecule has 0 bridgehead atoms. The van der Waals surface area contributed by atoms with E-state index in [1.165, 1.54) is 34.4 Å². The molecule has 33 heavy (non-hydrogen) atoms. The van der Waals surface area contributed by atoms with E-state index < -0.39 is 20.7 Å². The van der Waals surface area contributed by atoms with Crippen LogP contribution in [0.25, 0.3) is 5.57 Å². The number of thiazole rings is 1. The number of rotatable bonds is 7. The molecule has 0 radical (unpaired) electrons. The molecule has 0 saturated carbocycles. The van der Waals surface area contributed by atoms with Crippen molar-refractivity contribution in [2.45, 2.75) is 23.8 Å². The molecule has 6 nitrogen and oxygen atoms in total. The second kappa shape index (κ2) is 9.76. The fourth-order valence-electron chi connectivity index (χ4n) is 3.80. The van der Waals surface area contributed by atoms with Crippen molar-refractivity contribution in [3.8, 4) is 0 Å².